The molecule has 0 atom stereocenters. The highest BCUT2D eigenvalue weighted by Crippen LogP contribution is 2.14. The lowest BCUT2D eigenvalue weighted by atomic mass is 10.1. The van der Waals surface area contributed by atoms with Gasteiger partial charge in [0.1, 0.15) is 0 Å². The van der Waals surface area contributed by atoms with Crippen LogP contribution in [-0.2, 0) is 17.6 Å². The van der Waals surface area contributed by atoms with E-state index in [0.717, 1.165) is 35.0 Å². The lowest BCUT2D eigenvalue weighted by Crippen LogP contribution is -2.15. The Kier molecular flexibility index (Phi) is 6.00. The van der Waals surface area contributed by atoms with Crippen LogP contribution in [0.15, 0.2) is 48.5 Å². The van der Waals surface area contributed by atoms with Gasteiger partial charge in [0.15, 0.2) is 0 Å². The number of benzene rings is 2. The summed E-state index contributed by atoms with van der Waals surface area (Å²) in [6, 6.07) is 16.1. The second-order valence-corrected chi connectivity index (χ2v) is 5.94. The van der Waals surface area contributed by atoms with E-state index in [1.807, 2.05) is 43.3 Å². The van der Waals surface area contributed by atoms with Crippen LogP contribution >= 0.6 is 15.9 Å². The van der Waals surface area contributed by atoms with Crippen LogP contribution in [0.25, 0.3) is 0 Å². The van der Waals surface area contributed by atoms with E-state index in [0.29, 0.717) is 6.42 Å². The SMILES string of the molecule is Cc1ccccc1CC(=O)Nc1cccc(CCCBr)c1. The monoisotopic (exact) mass is 345 g/mol. The van der Waals surface area contributed by atoms with Gasteiger partial charge in [-0.3, -0.25) is 4.79 Å². The minimum absolute atomic E-state index is 0.0296. The Labute approximate surface area is 134 Å². The summed E-state index contributed by atoms with van der Waals surface area (Å²) in [5.74, 6) is 0.0296. The Morgan fingerprint density at radius 2 is 1.95 bits per heavy atom. The van der Waals surface area contributed by atoms with Crippen molar-refractivity contribution in [1.29, 1.82) is 0 Å². The number of halogens is 1. The van der Waals surface area contributed by atoms with Crippen molar-refractivity contribution >= 4 is 27.5 Å². The number of carbonyl (C=O) groups is 1. The van der Waals surface area contributed by atoms with Crippen molar-refractivity contribution in [3.63, 3.8) is 0 Å². The van der Waals surface area contributed by atoms with Gasteiger partial charge in [-0.05, 0) is 48.6 Å². The summed E-state index contributed by atoms with van der Waals surface area (Å²) in [7, 11) is 0. The fourth-order valence-corrected chi connectivity index (χ4v) is 2.54. The zero-order valence-corrected chi connectivity index (χ0v) is 13.8. The van der Waals surface area contributed by atoms with Crippen molar-refractivity contribution in [3.8, 4) is 0 Å². The Bertz CT molecular complexity index is 610. The van der Waals surface area contributed by atoms with E-state index in [1.165, 1.54) is 5.56 Å². The summed E-state index contributed by atoms with van der Waals surface area (Å²) in [5.41, 5.74) is 4.35. The van der Waals surface area contributed by atoms with Gasteiger partial charge < -0.3 is 5.32 Å². The average Bonchev–Trinajstić information content (AvgIpc) is 2.48. The van der Waals surface area contributed by atoms with Gasteiger partial charge in [-0.1, -0.05) is 52.3 Å². The van der Waals surface area contributed by atoms with Gasteiger partial charge in [0.05, 0.1) is 6.42 Å². The van der Waals surface area contributed by atoms with Crippen molar-refractivity contribution in [2.45, 2.75) is 26.2 Å². The highest BCUT2D eigenvalue weighted by Gasteiger charge is 2.06. The molecule has 0 radical (unpaired) electrons. The van der Waals surface area contributed by atoms with Crippen LogP contribution in [-0.4, -0.2) is 11.2 Å². The van der Waals surface area contributed by atoms with E-state index >= 15 is 0 Å². The maximum Gasteiger partial charge on any atom is 0.228 e. The van der Waals surface area contributed by atoms with Gasteiger partial charge in [0.2, 0.25) is 5.91 Å². The van der Waals surface area contributed by atoms with Gasteiger partial charge in [-0.25, -0.2) is 0 Å². The molecule has 0 saturated heterocycles. The second-order valence-electron chi connectivity index (χ2n) is 5.14. The molecule has 1 amide bonds. The minimum Gasteiger partial charge on any atom is -0.326 e. The molecule has 1 N–H and O–H groups in total. The van der Waals surface area contributed by atoms with Crippen molar-refractivity contribution < 1.29 is 4.79 Å². The lowest BCUT2D eigenvalue weighted by molar-refractivity contribution is -0.115. The van der Waals surface area contributed by atoms with Crippen molar-refractivity contribution in [2.75, 3.05) is 10.6 Å². The average molecular weight is 346 g/mol. The third kappa shape index (κ3) is 5.01. The smallest absolute Gasteiger partial charge is 0.228 e. The molecule has 2 aromatic rings. The molecule has 21 heavy (non-hydrogen) atoms. The van der Waals surface area contributed by atoms with Crippen LogP contribution in [0.4, 0.5) is 5.69 Å². The summed E-state index contributed by atoms with van der Waals surface area (Å²) in [5, 5.41) is 3.98. The Balaban J connectivity index is 1.98. The molecule has 0 aromatic heterocycles. The molecule has 0 spiro atoms. The van der Waals surface area contributed by atoms with Gasteiger partial charge >= 0.3 is 0 Å². The van der Waals surface area contributed by atoms with Gasteiger partial charge in [0, 0.05) is 11.0 Å². The van der Waals surface area contributed by atoms with E-state index in [9.17, 15) is 4.79 Å². The summed E-state index contributed by atoms with van der Waals surface area (Å²) in [6.07, 6.45) is 2.53. The van der Waals surface area contributed by atoms with Gasteiger partial charge in [-0.15, -0.1) is 0 Å². The number of rotatable bonds is 6. The summed E-state index contributed by atoms with van der Waals surface area (Å²) >= 11 is 3.44. The van der Waals surface area contributed by atoms with E-state index in [2.05, 4.69) is 33.4 Å². The second kappa shape index (κ2) is 7.99. The standard InChI is InChI=1S/C18H20BrNO/c1-14-6-2-3-9-16(14)13-18(21)20-17-10-4-7-15(12-17)8-5-11-19/h2-4,6-7,9-10,12H,5,8,11,13H2,1H3,(H,20,21). The number of anilines is 1. The molecule has 0 aliphatic carbocycles. The predicted octanol–water partition coefficient (Wildman–Crippen LogP) is 4.50. The fraction of sp³-hybridized carbons (Fsp3) is 0.278. The van der Waals surface area contributed by atoms with E-state index in [4.69, 9.17) is 0 Å². The summed E-state index contributed by atoms with van der Waals surface area (Å²) in [6.45, 7) is 2.03. The molecule has 2 nitrogen and oxygen atoms in total. The van der Waals surface area contributed by atoms with E-state index in [-0.39, 0.29) is 5.91 Å². The summed E-state index contributed by atoms with van der Waals surface area (Å²) < 4.78 is 0. The third-order valence-electron chi connectivity index (χ3n) is 3.42. The maximum absolute atomic E-state index is 12.1. The topological polar surface area (TPSA) is 29.1 Å². The van der Waals surface area contributed by atoms with Gasteiger partial charge in [0.25, 0.3) is 0 Å². The first-order valence-electron chi connectivity index (χ1n) is 7.18. The maximum atomic E-state index is 12.1. The Hall–Kier alpha value is -1.61. The van der Waals surface area contributed by atoms with Crippen molar-refractivity contribution in [3.05, 3.63) is 65.2 Å². The van der Waals surface area contributed by atoms with Gasteiger partial charge in [-0.2, -0.15) is 0 Å². The molecular formula is C18H20BrNO. The van der Waals surface area contributed by atoms with Crippen molar-refractivity contribution in [1.82, 2.24) is 0 Å². The number of nitrogens with one attached hydrogen (secondary N) is 1. The molecule has 0 unspecified atom stereocenters. The first kappa shape index (κ1) is 15.8. The normalized spacial score (nSPS) is 10.4. The number of carbonyl (C=O) groups excluding carboxylic acids is 1. The quantitative estimate of drug-likeness (QED) is 0.767. The molecule has 0 aliphatic heterocycles. The van der Waals surface area contributed by atoms with E-state index < -0.39 is 0 Å². The molecular weight excluding hydrogens is 326 g/mol. The number of alkyl halides is 1. The minimum atomic E-state index is 0.0296. The number of hydrogen-bond donors (Lipinski definition) is 1. The van der Waals surface area contributed by atoms with Crippen LogP contribution in [0.3, 0.4) is 0 Å². The molecule has 0 fully saturated rings. The van der Waals surface area contributed by atoms with E-state index in [1.54, 1.807) is 0 Å². The highest BCUT2D eigenvalue weighted by molar-refractivity contribution is 9.09. The molecule has 0 saturated carbocycles. The fourth-order valence-electron chi connectivity index (χ4n) is 2.26. The zero-order valence-electron chi connectivity index (χ0n) is 12.2. The van der Waals surface area contributed by atoms with Crippen LogP contribution in [0.5, 0.6) is 0 Å². The first-order chi connectivity index (χ1) is 10.2. The number of hydrogen-bond acceptors (Lipinski definition) is 1. The van der Waals surface area contributed by atoms with Crippen LogP contribution in [0.1, 0.15) is 23.1 Å². The van der Waals surface area contributed by atoms with Crippen molar-refractivity contribution in [2.24, 2.45) is 0 Å². The van der Waals surface area contributed by atoms with Crippen LogP contribution in [0, 0.1) is 6.92 Å². The largest absolute Gasteiger partial charge is 0.326 e. The Morgan fingerprint density at radius 1 is 1.14 bits per heavy atom. The lowest BCUT2D eigenvalue weighted by Gasteiger charge is -2.09. The Morgan fingerprint density at radius 3 is 2.71 bits per heavy atom. The molecule has 0 bridgehead atoms. The first-order valence-corrected chi connectivity index (χ1v) is 8.30. The molecule has 3 heteroatoms. The molecule has 0 heterocycles. The van der Waals surface area contributed by atoms with Crippen LogP contribution < -0.4 is 5.32 Å². The molecule has 2 aromatic carbocycles. The third-order valence-corrected chi connectivity index (χ3v) is 3.98. The molecule has 0 aliphatic rings. The number of amides is 1. The molecule has 110 valence electrons. The molecule has 2 rings (SSSR count). The van der Waals surface area contributed by atoms with Crippen LogP contribution in [0.2, 0.25) is 0 Å². The number of aryl methyl sites for hydroxylation is 2. The highest BCUT2D eigenvalue weighted by atomic mass is 79.9. The summed E-state index contributed by atoms with van der Waals surface area (Å²) in [4.78, 5) is 12.1. The predicted molar refractivity (Wildman–Crippen MR) is 92.1 cm³/mol. The zero-order chi connectivity index (χ0) is 15.1.